The molecule has 0 aromatic heterocycles. The number of ether oxygens (including phenoxy) is 1. The number of nitrogens with one attached hydrogen (secondary N) is 1. The predicted molar refractivity (Wildman–Crippen MR) is 97.3 cm³/mol. The van der Waals surface area contributed by atoms with Crippen LogP contribution in [0.3, 0.4) is 0 Å². The fraction of sp³-hybridized carbons (Fsp3) is 0.368. The SMILES string of the molecule is CCOc1ccccc1N1CC[NH+](Cc2ccc([N+](=O)[O-])cc2)CC1. The predicted octanol–water partition coefficient (Wildman–Crippen LogP) is 1.90. The lowest BCUT2D eigenvalue weighted by molar-refractivity contribution is -0.914. The number of anilines is 1. The molecule has 1 aliphatic rings. The van der Waals surface area contributed by atoms with Gasteiger partial charge in [-0.1, -0.05) is 12.1 Å². The number of benzene rings is 2. The van der Waals surface area contributed by atoms with Crippen LogP contribution in [-0.4, -0.2) is 37.7 Å². The molecule has 1 saturated heterocycles. The highest BCUT2D eigenvalue weighted by atomic mass is 16.6. The van der Waals surface area contributed by atoms with Gasteiger partial charge in [0, 0.05) is 17.7 Å². The molecule has 0 aliphatic carbocycles. The molecule has 0 bridgehead atoms. The number of piperazine rings is 1. The van der Waals surface area contributed by atoms with E-state index in [0.29, 0.717) is 6.61 Å². The molecule has 0 atom stereocenters. The summed E-state index contributed by atoms with van der Waals surface area (Å²) in [5.74, 6) is 0.948. The van der Waals surface area contributed by atoms with Gasteiger partial charge < -0.3 is 14.5 Å². The number of rotatable bonds is 6. The summed E-state index contributed by atoms with van der Waals surface area (Å²) >= 11 is 0. The van der Waals surface area contributed by atoms with Crippen molar-refractivity contribution >= 4 is 11.4 Å². The Bertz CT molecular complexity index is 710. The zero-order valence-corrected chi connectivity index (χ0v) is 14.5. The zero-order chi connectivity index (χ0) is 17.6. The summed E-state index contributed by atoms with van der Waals surface area (Å²) in [5, 5.41) is 10.7. The van der Waals surface area contributed by atoms with E-state index >= 15 is 0 Å². The van der Waals surface area contributed by atoms with E-state index in [-0.39, 0.29) is 10.6 Å². The van der Waals surface area contributed by atoms with Gasteiger partial charge in [0.2, 0.25) is 0 Å². The second-order valence-electron chi connectivity index (χ2n) is 6.24. The van der Waals surface area contributed by atoms with Gasteiger partial charge in [-0.05, 0) is 31.2 Å². The van der Waals surface area contributed by atoms with Crippen molar-refractivity contribution in [2.75, 3.05) is 37.7 Å². The Hall–Kier alpha value is -2.60. The van der Waals surface area contributed by atoms with Crippen LogP contribution in [-0.2, 0) is 6.54 Å². The Morgan fingerprint density at radius 1 is 1.12 bits per heavy atom. The van der Waals surface area contributed by atoms with Crippen molar-refractivity contribution in [1.82, 2.24) is 0 Å². The molecule has 0 amide bonds. The maximum Gasteiger partial charge on any atom is 0.269 e. The second-order valence-corrected chi connectivity index (χ2v) is 6.24. The van der Waals surface area contributed by atoms with Gasteiger partial charge in [0.15, 0.2) is 0 Å². The molecule has 1 heterocycles. The van der Waals surface area contributed by atoms with Crippen molar-refractivity contribution < 1.29 is 14.6 Å². The van der Waals surface area contributed by atoms with Crippen molar-refractivity contribution in [3.63, 3.8) is 0 Å². The lowest BCUT2D eigenvalue weighted by Crippen LogP contribution is -3.13. The second kappa shape index (κ2) is 7.98. The molecule has 0 radical (unpaired) electrons. The van der Waals surface area contributed by atoms with E-state index in [1.165, 1.54) is 10.6 Å². The van der Waals surface area contributed by atoms with Crippen molar-refractivity contribution in [3.8, 4) is 5.75 Å². The van der Waals surface area contributed by atoms with Crippen LogP contribution in [0, 0.1) is 10.1 Å². The third-order valence-electron chi connectivity index (χ3n) is 4.58. The van der Waals surface area contributed by atoms with Gasteiger partial charge in [0.25, 0.3) is 5.69 Å². The van der Waals surface area contributed by atoms with Crippen LogP contribution in [0.25, 0.3) is 0 Å². The van der Waals surface area contributed by atoms with Gasteiger partial charge in [-0.15, -0.1) is 0 Å². The fourth-order valence-corrected chi connectivity index (χ4v) is 3.26. The number of hydrogen-bond acceptors (Lipinski definition) is 4. The summed E-state index contributed by atoms with van der Waals surface area (Å²) in [4.78, 5) is 14.3. The van der Waals surface area contributed by atoms with E-state index in [1.54, 1.807) is 12.1 Å². The van der Waals surface area contributed by atoms with Gasteiger partial charge in [-0.2, -0.15) is 0 Å². The van der Waals surface area contributed by atoms with E-state index in [4.69, 9.17) is 4.74 Å². The molecule has 132 valence electrons. The average Bonchev–Trinajstić information content (AvgIpc) is 2.64. The Morgan fingerprint density at radius 2 is 1.80 bits per heavy atom. The van der Waals surface area contributed by atoms with Crippen LogP contribution < -0.4 is 14.5 Å². The Morgan fingerprint density at radius 3 is 2.44 bits per heavy atom. The smallest absolute Gasteiger partial charge is 0.269 e. The summed E-state index contributed by atoms with van der Waals surface area (Å²) in [6.07, 6.45) is 0. The number of nitro groups is 1. The van der Waals surface area contributed by atoms with Gasteiger partial charge in [-0.3, -0.25) is 10.1 Å². The largest absolute Gasteiger partial charge is 0.492 e. The van der Waals surface area contributed by atoms with Crippen molar-refractivity contribution in [2.45, 2.75) is 13.5 Å². The van der Waals surface area contributed by atoms with E-state index in [0.717, 1.165) is 44.0 Å². The first kappa shape index (κ1) is 17.2. The van der Waals surface area contributed by atoms with E-state index < -0.39 is 0 Å². The number of non-ortho nitro benzene ring substituents is 1. The molecule has 1 aliphatic heterocycles. The van der Waals surface area contributed by atoms with Crippen LogP contribution in [0.1, 0.15) is 12.5 Å². The highest BCUT2D eigenvalue weighted by Crippen LogP contribution is 2.27. The number of quaternary nitrogens is 1. The summed E-state index contributed by atoms with van der Waals surface area (Å²) in [7, 11) is 0. The average molecular weight is 342 g/mol. The first-order valence-corrected chi connectivity index (χ1v) is 8.71. The number of hydrogen-bond donors (Lipinski definition) is 1. The molecule has 2 aromatic carbocycles. The summed E-state index contributed by atoms with van der Waals surface area (Å²) in [6, 6.07) is 15.1. The summed E-state index contributed by atoms with van der Waals surface area (Å²) in [5.41, 5.74) is 2.46. The fourth-order valence-electron chi connectivity index (χ4n) is 3.26. The van der Waals surface area contributed by atoms with E-state index in [1.807, 2.05) is 37.3 Å². The van der Waals surface area contributed by atoms with Gasteiger partial charge in [-0.25, -0.2) is 0 Å². The third kappa shape index (κ3) is 4.28. The quantitative estimate of drug-likeness (QED) is 0.643. The number of nitro benzene ring substituents is 1. The van der Waals surface area contributed by atoms with Crippen molar-refractivity contribution in [2.24, 2.45) is 0 Å². The molecule has 0 unspecified atom stereocenters. The van der Waals surface area contributed by atoms with Gasteiger partial charge in [0.05, 0.1) is 43.4 Å². The van der Waals surface area contributed by atoms with Crippen LogP contribution in [0.5, 0.6) is 5.75 Å². The van der Waals surface area contributed by atoms with Gasteiger partial charge in [0.1, 0.15) is 12.3 Å². The Balaban J connectivity index is 1.58. The Kier molecular flexibility index (Phi) is 5.50. The van der Waals surface area contributed by atoms with Crippen molar-refractivity contribution in [3.05, 3.63) is 64.2 Å². The normalized spacial score (nSPS) is 15.2. The monoisotopic (exact) mass is 342 g/mol. The highest BCUT2D eigenvalue weighted by Gasteiger charge is 2.22. The number of nitrogens with zero attached hydrogens (tertiary/aromatic N) is 2. The molecule has 0 saturated carbocycles. The zero-order valence-electron chi connectivity index (χ0n) is 14.5. The molecule has 3 rings (SSSR count). The maximum absolute atomic E-state index is 10.7. The molecule has 0 spiro atoms. The van der Waals surface area contributed by atoms with Crippen molar-refractivity contribution in [1.29, 1.82) is 0 Å². The topological polar surface area (TPSA) is 60.0 Å². The van der Waals surface area contributed by atoms with Gasteiger partial charge >= 0.3 is 0 Å². The highest BCUT2D eigenvalue weighted by molar-refractivity contribution is 5.58. The molecule has 2 aromatic rings. The molecule has 6 nitrogen and oxygen atoms in total. The lowest BCUT2D eigenvalue weighted by atomic mass is 10.1. The summed E-state index contributed by atoms with van der Waals surface area (Å²) < 4.78 is 5.74. The van der Waals surface area contributed by atoms with E-state index in [9.17, 15) is 10.1 Å². The Labute approximate surface area is 147 Å². The molecular formula is C19H24N3O3+. The number of para-hydroxylation sites is 2. The first-order chi connectivity index (χ1) is 12.2. The minimum absolute atomic E-state index is 0.149. The molecule has 25 heavy (non-hydrogen) atoms. The minimum Gasteiger partial charge on any atom is -0.492 e. The van der Waals surface area contributed by atoms with Crippen LogP contribution >= 0.6 is 0 Å². The molecule has 1 N–H and O–H groups in total. The maximum atomic E-state index is 10.7. The first-order valence-electron chi connectivity index (χ1n) is 8.71. The molecular weight excluding hydrogens is 318 g/mol. The molecule has 6 heteroatoms. The lowest BCUT2D eigenvalue weighted by Gasteiger charge is -2.34. The third-order valence-corrected chi connectivity index (χ3v) is 4.58. The standard InChI is InChI=1S/C19H23N3O3/c1-2-25-19-6-4-3-5-18(19)21-13-11-20(12-14-21)15-16-7-9-17(10-8-16)22(23)24/h3-10H,2,11-15H2,1H3/p+1. The minimum atomic E-state index is -0.356. The van der Waals surface area contributed by atoms with E-state index in [2.05, 4.69) is 11.0 Å². The van der Waals surface area contributed by atoms with Crippen LogP contribution in [0.15, 0.2) is 48.5 Å². The van der Waals surface area contributed by atoms with Crippen LogP contribution in [0.4, 0.5) is 11.4 Å². The van der Waals surface area contributed by atoms with Crippen LogP contribution in [0.2, 0.25) is 0 Å². The molecule has 1 fully saturated rings. The summed E-state index contributed by atoms with van der Waals surface area (Å²) in [6.45, 7) is 7.61.